The maximum atomic E-state index is 5.55. The zero-order valence-corrected chi connectivity index (χ0v) is 12.1. The predicted molar refractivity (Wildman–Crippen MR) is 75.5 cm³/mol. The Morgan fingerprint density at radius 2 is 2.29 bits per heavy atom. The van der Waals surface area contributed by atoms with Crippen molar-refractivity contribution in [3.05, 3.63) is 29.6 Å². The number of nitrogens with one attached hydrogen (secondary N) is 2. The second-order valence-electron chi connectivity index (χ2n) is 5.97. The smallest absolute Gasteiger partial charge is 0.153 e. The third-order valence-corrected chi connectivity index (χ3v) is 4.41. The van der Waals surface area contributed by atoms with E-state index in [9.17, 15) is 0 Å². The molecule has 1 saturated heterocycles. The van der Waals surface area contributed by atoms with Gasteiger partial charge in [-0.25, -0.2) is 4.98 Å². The van der Waals surface area contributed by atoms with E-state index in [0.717, 1.165) is 36.9 Å². The average molecular weight is 288 g/mol. The molecule has 2 N–H and O–H groups in total. The third kappa shape index (κ3) is 2.58. The van der Waals surface area contributed by atoms with Gasteiger partial charge < -0.3 is 4.74 Å². The summed E-state index contributed by atoms with van der Waals surface area (Å²) in [4.78, 5) is 7.09. The van der Waals surface area contributed by atoms with Gasteiger partial charge in [0.1, 0.15) is 5.82 Å². The first-order valence-corrected chi connectivity index (χ1v) is 7.50. The van der Waals surface area contributed by atoms with Crippen molar-refractivity contribution in [1.29, 1.82) is 0 Å². The molecule has 4 rings (SSSR count). The Hall–Kier alpha value is -1.73. The molecule has 2 aliphatic rings. The number of methoxy groups -OCH3 is 1. The molecule has 2 fully saturated rings. The van der Waals surface area contributed by atoms with Crippen molar-refractivity contribution in [3.8, 4) is 0 Å². The topological polar surface area (TPSA) is 82.7 Å². The summed E-state index contributed by atoms with van der Waals surface area (Å²) in [5.41, 5.74) is 1.11. The molecule has 1 aliphatic carbocycles. The van der Waals surface area contributed by atoms with E-state index in [1.807, 2.05) is 6.07 Å². The molecule has 112 valence electrons. The highest BCUT2D eigenvalue weighted by Gasteiger charge is 2.36. The molecule has 3 heterocycles. The molecule has 0 aromatic carbocycles. The van der Waals surface area contributed by atoms with E-state index in [2.05, 4.69) is 25.3 Å². The van der Waals surface area contributed by atoms with Gasteiger partial charge in [0.25, 0.3) is 0 Å². The van der Waals surface area contributed by atoms with Gasteiger partial charge >= 0.3 is 0 Å². The Kier molecular flexibility index (Phi) is 3.23. The Labute approximate surface area is 123 Å². The highest BCUT2D eigenvalue weighted by atomic mass is 16.5. The maximum Gasteiger partial charge on any atom is 0.153 e. The number of hydrogen-bond acceptors (Lipinski definition) is 5. The molecule has 1 saturated carbocycles. The third-order valence-electron chi connectivity index (χ3n) is 4.41. The van der Waals surface area contributed by atoms with Crippen LogP contribution in [0.3, 0.4) is 0 Å². The van der Waals surface area contributed by atoms with Gasteiger partial charge in [0.15, 0.2) is 5.82 Å². The van der Waals surface area contributed by atoms with Crippen molar-refractivity contribution in [2.45, 2.75) is 43.9 Å². The zero-order chi connectivity index (χ0) is 14.2. The molecule has 0 radical (unpaired) electrons. The van der Waals surface area contributed by atoms with Crippen LogP contribution in [0, 0.1) is 0 Å². The number of H-pyrrole nitrogens is 2. The molecule has 0 spiro atoms. The lowest BCUT2D eigenvalue weighted by Gasteiger charge is -2.21. The minimum Gasteiger partial charge on any atom is -0.380 e. The van der Waals surface area contributed by atoms with E-state index >= 15 is 0 Å². The molecular formula is C14H20N6O. The number of aromatic amines is 2. The first-order chi connectivity index (χ1) is 10.3. The maximum absolute atomic E-state index is 5.55. The lowest BCUT2D eigenvalue weighted by Crippen LogP contribution is -2.25. The van der Waals surface area contributed by atoms with Gasteiger partial charge in [-0.1, -0.05) is 0 Å². The van der Waals surface area contributed by atoms with Gasteiger partial charge in [0.2, 0.25) is 0 Å². The van der Waals surface area contributed by atoms with Crippen molar-refractivity contribution in [2.24, 2.45) is 0 Å². The summed E-state index contributed by atoms with van der Waals surface area (Å²) in [6.07, 6.45) is 5.42. The Morgan fingerprint density at radius 1 is 1.38 bits per heavy atom. The molecule has 21 heavy (non-hydrogen) atoms. The van der Waals surface area contributed by atoms with Crippen LogP contribution in [-0.4, -0.2) is 50.0 Å². The standard InChI is InChI=1S/C14H20N6O/c1-21-11-6-12(14-16-13(18-19-14)9-2-3-9)20(8-11)7-10-4-5-15-17-10/h4-5,9,11-12H,2-3,6-8H2,1H3,(H,15,17)(H,16,18,19)/t11-,12+/m1/s1. The largest absolute Gasteiger partial charge is 0.380 e. The van der Waals surface area contributed by atoms with Gasteiger partial charge in [-0.05, 0) is 25.3 Å². The predicted octanol–water partition coefficient (Wildman–Crippen LogP) is 1.37. The summed E-state index contributed by atoms with van der Waals surface area (Å²) in [5, 5.41) is 14.6. The summed E-state index contributed by atoms with van der Waals surface area (Å²) in [7, 11) is 1.78. The fourth-order valence-electron chi connectivity index (χ4n) is 3.04. The van der Waals surface area contributed by atoms with E-state index < -0.39 is 0 Å². The van der Waals surface area contributed by atoms with Crippen molar-refractivity contribution in [3.63, 3.8) is 0 Å². The number of ether oxygens (including phenoxy) is 1. The van der Waals surface area contributed by atoms with Gasteiger partial charge in [0, 0.05) is 38.0 Å². The number of hydrogen-bond donors (Lipinski definition) is 2. The van der Waals surface area contributed by atoms with Crippen LogP contribution < -0.4 is 0 Å². The second kappa shape index (κ2) is 5.23. The van der Waals surface area contributed by atoms with E-state index in [-0.39, 0.29) is 12.1 Å². The van der Waals surface area contributed by atoms with Crippen molar-refractivity contribution in [2.75, 3.05) is 13.7 Å². The highest BCUT2D eigenvalue weighted by Crippen LogP contribution is 2.39. The number of likely N-dealkylation sites (tertiary alicyclic amines) is 1. The highest BCUT2D eigenvalue weighted by molar-refractivity contribution is 5.10. The van der Waals surface area contributed by atoms with E-state index in [0.29, 0.717) is 5.92 Å². The van der Waals surface area contributed by atoms with E-state index in [1.54, 1.807) is 13.3 Å². The summed E-state index contributed by atoms with van der Waals surface area (Å²) in [6, 6.07) is 2.24. The molecule has 0 bridgehead atoms. The average Bonchev–Trinajstić information content (AvgIpc) is 2.95. The quantitative estimate of drug-likeness (QED) is 0.868. The molecule has 0 unspecified atom stereocenters. The summed E-state index contributed by atoms with van der Waals surface area (Å²) in [5.74, 6) is 2.53. The van der Waals surface area contributed by atoms with Gasteiger partial charge in [-0.15, -0.1) is 0 Å². The van der Waals surface area contributed by atoms with Crippen molar-refractivity contribution >= 4 is 0 Å². The first kappa shape index (κ1) is 13.0. The van der Waals surface area contributed by atoms with Gasteiger partial charge in [-0.3, -0.25) is 15.1 Å². The van der Waals surface area contributed by atoms with E-state index in [4.69, 9.17) is 9.72 Å². The minimum absolute atomic E-state index is 0.234. The molecule has 2 aromatic rings. The molecule has 7 nitrogen and oxygen atoms in total. The molecular weight excluding hydrogens is 268 g/mol. The normalized spacial score (nSPS) is 26.5. The molecule has 2 aromatic heterocycles. The lowest BCUT2D eigenvalue weighted by molar-refractivity contribution is 0.107. The number of aromatic nitrogens is 5. The minimum atomic E-state index is 0.234. The van der Waals surface area contributed by atoms with Crippen molar-refractivity contribution in [1.82, 2.24) is 30.3 Å². The summed E-state index contributed by atoms with van der Waals surface area (Å²) >= 11 is 0. The number of nitrogens with zero attached hydrogens (tertiary/aromatic N) is 4. The fourth-order valence-corrected chi connectivity index (χ4v) is 3.04. The number of rotatable bonds is 5. The van der Waals surface area contributed by atoms with Crippen LogP contribution in [-0.2, 0) is 11.3 Å². The first-order valence-electron chi connectivity index (χ1n) is 7.50. The van der Waals surface area contributed by atoms with Crippen molar-refractivity contribution < 1.29 is 4.74 Å². The van der Waals surface area contributed by atoms with Crippen LogP contribution in [0.25, 0.3) is 0 Å². The molecule has 0 amide bonds. The van der Waals surface area contributed by atoms with Gasteiger partial charge in [0.05, 0.1) is 12.1 Å². The second-order valence-corrected chi connectivity index (χ2v) is 5.97. The van der Waals surface area contributed by atoms with Crippen LogP contribution in [0.2, 0.25) is 0 Å². The van der Waals surface area contributed by atoms with Crippen LogP contribution in [0.1, 0.15) is 48.6 Å². The Bertz CT molecular complexity index is 590. The fraction of sp³-hybridized carbons (Fsp3) is 0.643. The van der Waals surface area contributed by atoms with Gasteiger partial charge in [-0.2, -0.15) is 10.2 Å². The molecule has 1 aliphatic heterocycles. The zero-order valence-electron chi connectivity index (χ0n) is 12.1. The van der Waals surface area contributed by atoms with Crippen LogP contribution in [0.15, 0.2) is 12.3 Å². The van der Waals surface area contributed by atoms with Crippen LogP contribution in [0.4, 0.5) is 0 Å². The Balaban J connectivity index is 1.54. The summed E-state index contributed by atoms with van der Waals surface area (Å²) < 4.78 is 5.55. The van der Waals surface area contributed by atoms with Crippen LogP contribution in [0.5, 0.6) is 0 Å². The molecule has 2 atom stereocenters. The SMILES string of the molecule is CO[C@@H]1C[C@@H](c2nc(C3CC3)n[nH]2)N(Cc2ccn[nH]2)C1. The van der Waals surface area contributed by atoms with E-state index in [1.165, 1.54) is 12.8 Å². The lowest BCUT2D eigenvalue weighted by atomic mass is 10.2. The Morgan fingerprint density at radius 3 is 3.00 bits per heavy atom. The summed E-state index contributed by atoms with van der Waals surface area (Å²) in [6.45, 7) is 1.73. The molecule has 7 heteroatoms. The monoisotopic (exact) mass is 288 g/mol. The van der Waals surface area contributed by atoms with Crippen LogP contribution >= 0.6 is 0 Å².